The number of pyridine rings is 1. The number of nitrogens with one attached hydrogen (secondary N) is 1. The lowest BCUT2D eigenvalue weighted by Gasteiger charge is -2.10. The molecular formula is C17H18N2O4. The average molecular weight is 314 g/mol. The number of nitrogens with zero attached hydrogens (tertiary/aromatic N) is 1. The monoisotopic (exact) mass is 314 g/mol. The maximum absolute atomic E-state index is 12.3. The van der Waals surface area contributed by atoms with Gasteiger partial charge < -0.3 is 19.5 Å². The van der Waals surface area contributed by atoms with Crippen LogP contribution in [0.2, 0.25) is 0 Å². The standard InChI is InChI=1S/C17H18N2O4/c1-21-16-6-3-12(10-18-16)11-19-17(20)13-4-5-14-15(9-13)23-8-2-7-22-14/h3-6,9-10H,2,7-8,11H2,1H3,(H,19,20). The fraction of sp³-hybridized carbons (Fsp3) is 0.294. The van der Waals surface area contributed by atoms with E-state index in [1.54, 1.807) is 37.6 Å². The van der Waals surface area contributed by atoms with Gasteiger partial charge in [-0.3, -0.25) is 4.79 Å². The van der Waals surface area contributed by atoms with Crippen LogP contribution in [0.5, 0.6) is 17.4 Å². The third-order valence-electron chi connectivity index (χ3n) is 3.47. The van der Waals surface area contributed by atoms with Crippen LogP contribution >= 0.6 is 0 Å². The molecule has 2 aromatic rings. The van der Waals surface area contributed by atoms with Crippen LogP contribution in [0, 0.1) is 0 Å². The van der Waals surface area contributed by atoms with Gasteiger partial charge in [0.15, 0.2) is 11.5 Å². The van der Waals surface area contributed by atoms with Crippen molar-refractivity contribution >= 4 is 5.91 Å². The van der Waals surface area contributed by atoms with Gasteiger partial charge in [0.05, 0.1) is 20.3 Å². The molecule has 0 fully saturated rings. The Morgan fingerprint density at radius 1 is 1.22 bits per heavy atom. The van der Waals surface area contributed by atoms with Crippen molar-refractivity contribution in [1.29, 1.82) is 0 Å². The van der Waals surface area contributed by atoms with Gasteiger partial charge in [-0.25, -0.2) is 4.98 Å². The van der Waals surface area contributed by atoms with E-state index in [0.717, 1.165) is 12.0 Å². The molecule has 1 amide bonds. The van der Waals surface area contributed by atoms with Crippen molar-refractivity contribution in [1.82, 2.24) is 10.3 Å². The Labute approximate surface area is 134 Å². The quantitative estimate of drug-likeness (QED) is 0.936. The number of hydrogen-bond donors (Lipinski definition) is 1. The largest absolute Gasteiger partial charge is 0.490 e. The Bertz CT molecular complexity index is 685. The molecule has 3 rings (SSSR count). The van der Waals surface area contributed by atoms with Gasteiger partial charge in [-0.1, -0.05) is 6.07 Å². The molecule has 0 unspecified atom stereocenters. The zero-order valence-corrected chi connectivity index (χ0v) is 12.9. The SMILES string of the molecule is COc1ccc(CNC(=O)c2ccc3c(c2)OCCCO3)cn1. The van der Waals surface area contributed by atoms with Gasteiger partial charge in [0.2, 0.25) is 5.88 Å². The van der Waals surface area contributed by atoms with Crippen LogP contribution in [-0.4, -0.2) is 31.2 Å². The van der Waals surface area contributed by atoms with Crippen LogP contribution in [0.1, 0.15) is 22.3 Å². The smallest absolute Gasteiger partial charge is 0.251 e. The number of aromatic nitrogens is 1. The Morgan fingerprint density at radius 2 is 2.04 bits per heavy atom. The van der Waals surface area contributed by atoms with E-state index in [2.05, 4.69) is 10.3 Å². The fourth-order valence-electron chi connectivity index (χ4n) is 2.23. The molecule has 0 spiro atoms. The number of carbonyl (C=O) groups is 1. The van der Waals surface area contributed by atoms with Gasteiger partial charge in [0.1, 0.15) is 0 Å². The third kappa shape index (κ3) is 3.71. The summed E-state index contributed by atoms with van der Waals surface area (Å²) in [6, 6.07) is 8.83. The van der Waals surface area contributed by atoms with Crippen LogP contribution < -0.4 is 19.5 Å². The van der Waals surface area contributed by atoms with E-state index in [4.69, 9.17) is 14.2 Å². The molecule has 23 heavy (non-hydrogen) atoms. The zero-order chi connectivity index (χ0) is 16.1. The Morgan fingerprint density at radius 3 is 2.78 bits per heavy atom. The van der Waals surface area contributed by atoms with E-state index < -0.39 is 0 Å². The normalized spacial score (nSPS) is 13.1. The maximum atomic E-state index is 12.3. The van der Waals surface area contributed by atoms with E-state index in [-0.39, 0.29) is 5.91 Å². The van der Waals surface area contributed by atoms with Gasteiger partial charge in [-0.15, -0.1) is 0 Å². The van der Waals surface area contributed by atoms with Crippen molar-refractivity contribution < 1.29 is 19.0 Å². The minimum Gasteiger partial charge on any atom is -0.490 e. The van der Waals surface area contributed by atoms with E-state index in [9.17, 15) is 4.79 Å². The van der Waals surface area contributed by atoms with Crippen LogP contribution in [0.3, 0.4) is 0 Å². The molecule has 0 aliphatic carbocycles. The predicted molar refractivity (Wildman–Crippen MR) is 84.0 cm³/mol. The van der Waals surface area contributed by atoms with Gasteiger partial charge >= 0.3 is 0 Å². The molecule has 1 N–H and O–H groups in total. The van der Waals surface area contributed by atoms with Gasteiger partial charge in [-0.05, 0) is 23.8 Å². The number of ether oxygens (including phenoxy) is 3. The second kappa shape index (κ2) is 7.00. The summed E-state index contributed by atoms with van der Waals surface area (Å²) in [4.78, 5) is 16.4. The first kappa shape index (κ1) is 15.1. The molecule has 2 heterocycles. The summed E-state index contributed by atoms with van der Waals surface area (Å²) < 4.78 is 16.2. The lowest BCUT2D eigenvalue weighted by Crippen LogP contribution is -2.22. The minimum atomic E-state index is -0.170. The van der Waals surface area contributed by atoms with Gasteiger partial charge in [0, 0.05) is 30.8 Å². The van der Waals surface area contributed by atoms with Crippen LogP contribution in [0.15, 0.2) is 36.5 Å². The topological polar surface area (TPSA) is 69.7 Å². The van der Waals surface area contributed by atoms with Crippen molar-refractivity contribution in [3.63, 3.8) is 0 Å². The highest BCUT2D eigenvalue weighted by atomic mass is 16.5. The highest BCUT2D eigenvalue weighted by Gasteiger charge is 2.14. The number of benzene rings is 1. The van der Waals surface area contributed by atoms with E-state index in [1.807, 2.05) is 6.07 Å². The first-order valence-electron chi connectivity index (χ1n) is 7.43. The number of fused-ring (bicyclic) bond motifs is 1. The van der Waals surface area contributed by atoms with Crippen LogP contribution in [-0.2, 0) is 6.54 Å². The molecular weight excluding hydrogens is 296 g/mol. The summed E-state index contributed by atoms with van der Waals surface area (Å²) in [5.74, 6) is 1.67. The van der Waals surface area contributed by atoms with Gasteiger partial charge in [-0.2, -0.15) is 0 Å². The number of amides is 1. The second-order valence-electron chi connectivity index (χ2n) is 5.10. The summed E-state index contributed by atoms with van der Waals surface area (Å²) in [5.41, 5.74) is 1.43. The predicted octanol–water partition coefficient (Wildman–Crippen LogP) is 2.18. The number of methoxy groups -OCH3 is 1. The van der Waals surface area contributed by atoms with Crippen LogP contribution in [0.4, 0.5) is 0 Å². The number of rotatable bonds is 4. The molecule has 120 valence electrons. The molecule has 0 saturated carbocycles. The molecule has 1 aliphatic rings. The Balaban J connectivity index is 1.64. The number of hydrogen-bond acceptors (Lipinski definition) is 5. The molecule has 0 bridgehead atoms. The summed E-state index contributed by atoms with van der Waals surface area (Å²) >= 11 is 0. The highest BCUT2D eigenvalue weighted by Crippen LogP contribution is 2.30. The molecule has 1 aromatic carbocycles. The summed E-state index contributed by atoms with van der Waals surface area (Å²) in [7, 11) is 1.56. The molecule has 0 saturated heterocycles. The van der Waals surface area contributed by atoms with Crippen molar-refractivity contribution in [3.8, 4) is 17.4 Å². The van der Waals surface area contributed by atoms with Crippen molar-refractivity contribution in [2.24, 2.45) is 0 Å². The minimum absolute atomic E-state index is 0.170. The summed E-state index contributed by atoms with van der Waals surface area (Å²) in [6.45, 7) is 1.61. The van der Waals surface area contributed by atoms with E-state index in [0.29, 0.717) is 42.7 Å². The maximum Gasteiger partial charge on any atom is 0.251 e. The first-order chi connectivity index (χ1) is 11.3. The lowest BCUT2D eigenvalue weighted by molar-refractivity contribution is 0.0950. The average Bonchev–Trinajstić information content (AvgIpc) is 2.84. The molecule has 1 aliphatic heterocycles. The summed E-state index contributed by atoms with van der Waals surface area (Å²) in [6.07, 6.45) is 2.51. The van der Waals surface area contributed by atoms with Crippen molar-refractivity contribution in [3.05, 3.63) is 47.7 Å². The van der Waals surface area contributed by atoms with Crippen molar-refractivity contribution in [2.75, 3.05) is 20.3 Å². The molecule has 1 aromatic heterocycles. The Kier molecular flexibility index (Phi) is 4.61. The molecule has 0 radical (unpaired) electrons. The van der Waals surface area contributed by atoms with E-state index >= 15 is 0 Å². The molecule has 6 nitrogen and oxygen atoms in total. The number of carbonyl (C=O) groups excluding carboxylic acids is 1. The fourth-order valence-corrected chi connectivity index (χ4v) is 2.23. The second-order valence-corrected chi connectivity index (χ2v) is 5.10. The van der Waals surface area contributed by atoms with Crippen LogP contribution in [0.25, 0.3) is 0 Å². The van der Waals surface area contributed by atoms with E-state index in [1.165, 1.54) is 0 Å². The van der Waals surface area contributed by atoms with Gasteiger partial charge in [0.25, 0.3) is 5.91 Å². The lowest BCUT2D eigenvalue weighted by atomic mass is 10.2. The third-order valence-corrected chi connectivity index (χ3v) is 3.47. The molecule has 0 atom stereocenters. The zero-order valence-electron chi connectivity index (χ0n) is 12.9. The molecule has 6 heteroatoms. The highest BCUT2D eigenvalue weighted by molar-refractivity contribution is 5.94. The summed E-state index contributed by atoms with van der Waals surface area (Å²) in [5, 5.41) is 2.86. The van der Waals surface area contributed by atoms with Crippen molar-refractivity contribution in [2.45, 2.75) is 13.0 Å². The first-order valence-corrected chi connectivity index (χ1v) is 7.43. The Hall–Kier alpha value is -2.76.